The number of Topliss-reactive ketones (excluding diaryl/α,β-unsaturated/α-hetero) is 1. The van der Waals surface area contributed by atoms with Crippen LogP contribution in [0.3, 0.4) is 0 Å². The van der Waals surface area contributed by atoms with Crippen molar-refractivity contribution in [2.75, 3.05) is 0 Å². The van der Waals surface area contributed by atoms with Gasteiger partial charge in [-0.05, 0) is 41.5 Å². The topological polar surface area (TPSA) is 83.8 Å². The number of hydrogen-bond donors (Lipinski definition) is 2. The number of hydrogen-bond acceptors (Lipinski definition) is 5. The molecule has 2 N–H and O–H groups in total. The zero-order valence-electron chi connectivity index (χ0n) is 14.8. The van der Waals surface area contributed by atoms with Crippen molar-refractivity contribution in [3.8, 4) is 11.5 Å². The number of carbonyl (C=O) groups is 2. The Balaban J connectivity index is 2.07. The van der Waals surface area contributed by atoms with E-state index in [4.69, 9.17) is 4.74 Å². The fraction of sp³-hybridized carbons (Fsp3) is 0.238. The molecule has 5 nitrogen and oxygen atoms in total. The highest BCUT2D eigenvalue weighted by Gasteiger charge is 2.25. The minimum atomic E-state index is -0.892. The Morgan fingerprint density at radius 1 is 0.962 bits per heavy atom. The van der Waals surface area contributed by atoms with E-state index in [0.29, 0.717) is 0 Å². The standard InChI is InChI=1S/C21H22O5/c1-14(2)21(25)19(13-16-5-10-18(23)11-6-16)26-20(24)12-7-15-3-8-17(22)9-4-15/h3-12,14,19,22-23H,13H2,1-2H3/b12-7+. The zero-order chi connectivity index (χ0) is 19.1. The Kier molecular flexibility index (Phi) is 6.55. The van der Waals surface area contributed by atoms with Crippen molar-refractivity contribution in [2.24, 2.45) is 5.92 Å². The molecule has 0 spiro atoms. The number of benzene rings is 2. The van der Waals surface area contributed by atoms with Gasteiger partial charge in [0.25, 0.3) is 0 Å². The molecule has 5 heteroatoms. The summed E-state index contributed by atoms with van der Waals surface area (Å²) in [5.74, 6) is -0.776. The van der Waals surface area contributed by atoms with Gasteiger partial charge in [0, 0.05) is 18.4 Å². The summed E-state index contributed by atoms with van der Waals surface area (Å²) in [6.07, 6.45) is 2.16. The average molecular weight is 354 g/mol. The number of aromatic hydroxyl groups is 2. The molecule has 0 amide bonds. The van der Waals surface area contributed by atoms with Gasteiger partial charge in [0.05, 0.1) is 0 Å². The van der Waals surface area contributed by atoms with E-state index < -0.39 is 12.1 Å². The maximum absolute atomic E-state index is 12.4. The van der Waals surface area contributed by atoms with Gasteiger partial charge >= 0.3 is 5.97 Å². The number of esters is 1. The molecule has 1 unspecified atom stereocenters. The average Bonchev–Trinajstić information content (AvgIpc) is 2.61. The SMILES string of the molecule is CC(C)C(=O)C(Cc1ccc(O)cc1)OC(=O)/C=C/c1ccc(O)cc1. The Hall–Kier alpha value is -3.08. The van der Waals surface area contributed by atoms with Gasteiger partial charge in [0.15, 0.2) is 11.9 Å². The molecule has 136 valence electrons. The van der Waals surface area contributed by atoms with Crippen LogP contribution in [0.15, 0.2) is 54.6 Å². The molecule has 0 heterocycles. The third-order valence-corrected chi connectivity index (χ3v) is 3.81. The van der Waals surface area contributed by atoms with Gasteiger partial charge in [-0.25, -0.2) is 4.79 Å². The third-order valence-electron chi connectivity index (χ3n) is 3.81. The number of rotatable bonds is 7. The maximum Gasteiger partial charge on any atom is 0.331 e. The van der Waals surface area contributed by atoms with Crippen LogP contribution in [0.5, 0.6) is 11.5 Å². The molecule has 0 saturated heterocycles. The van der Waals surface area contributed by atoms with Crippen molar-refractivity contribution >= 4 is 17.8 Å². The second-order valence-corrected chi connectivity index (χ2v) is 6.28. The smallest absolute Gasteiger partial charge is 0.331 e. The van der Waals surface area contributed by atoms with Crippen molar-refractivity contribution in [3.63, 3.8) is 0 Å². The minimum Gasteiger partial charge on any atom is -0.508 e. The molecule has 0 saturated carbocycles. The van der Waals surface area contributed by atoms with Crippen LogP contribution in [-0.2, 0) is 20.7 Å². The van der Waals surface area contributed by atoms with Crippen LogP contribution in [0.2, 0.25) is 0 Å². The summed E-state index contributed by atoms with van der Waals surface area (Å²) >= 11 is 0. The van der Waals surface area contributed by atoms with Crippen molar-refractivity contribution < 1.29 is 24.5 Å². The van der Waals surface area contributed by atoms with Crippen molar-refractivity contribution in [2.45, 2.75) is 26.4 Å². The van der Waals surface area contributed by atoms with Gasteiger partial charge in [0.2, 0.25) is 0 Å². The predicted octanol–water partition coefficient (Wildman–Crippen LogP) is 3.49. The first-order valence-electron chi connectivity index (χ1n) is 8.34. The molecule has 0 fully saturated rings. The fourth-order valence-corrected chi connectivity index (χ4v) is 2.35. The lowest BCUT2D eigenvalue weighted by atomic mass is 9.98. The molecular weight excluding hydrogens is 332 g/mol. The Labute approximate surface area is 152 Å². The molecule has 0 bridgehead atoms. The van der Waals surface area contributed by atoms with Crippen LogP contribution in [0.25, 0.3) is 6.08 Å². The molecule has 1 atom stereocenters. The summed E-state index contributed by atoms with van der Waals surface area (Å²) in [5, 5.41) is 18.6. The first-order chi connectivity index (χ1) is 12.3. The molecule has 2 aromatic carbocycles. The van der Waals surface area contributed by atoms with Crippen molar-refractivity contribution in [1.82, 2.24) is 0 Å². The minimum absolute atomic E-state index is 0.134. The van der Waals surface area contributed by atoms with E-state index in [2.05, 4.69) is 0 Å². The number of ether oxygens (including phenoxy) is 1. The van der Waals surface area contributed by atoms with E-state index in [0.717, 1.165) is 11.1 Å². The summed E-state index contributed by atoms with van der Waals surface area (Å²) in [6.45, 7) is 3.51. The third kappa shape index (κ3) is 5.77. The second-order valence-electron chi connectivity index (χ2n) is 6.28. The molecule has 0 aliphatic carbocycles. The molecular formula is C21H22O5. The van der Waals surface area contributed by atoms with E-state index in [-0.39, 0.29) is 29.6 Å². The summed E-state index contributed by atoms with van der Waals surface area (Å²) in [4.78, 5) is 24.5. The van der Waals surface area contributed by atoms with Crippen LogP contribution in [-0.4, -0.2) is 28.1 Å². The van der Waals surface area contributed by atoms with Gasteiger partial charge in [-0.2, -0.15) is 0 Å². The van der Waals surface area contributed by atoms with Crippen LogP contribution in [0, 0.1) is 5.92 Å². The molecule has 0 aromatic heterocycles. The number of ketones is 1. The summed E-state index contributed by atoms with van der Waals surface area (Å²) in [5.41, 5.74) is 1.52. The number of phenolic OH excluding ortho intramolecular Hbond substituents is 2. The largest absolute Gasteiger partial charge is 0.508 e. The zero-order valence-corrected chi connectivity index (χ0v) is 14.8. The highest BCUT2D eigenvalue weighted by Crippen LogP contribution is 2.16. The summed E-state index contributed by atoms with van der Waals surface area (Å²) in [7, 11) is 0. The van der Waals surface area contributed by atoms with E-state index in [1.165, 1.54) is 30.3 Å². The monoisotopic (exact) mass is 354 g/mol. The lowest BCUT2D eigenvalue weighted by molar-refractivity contribution is -0.151. The van der Waals surface area contributed by atoms with E-state index in [9.17, 15) is 19.8 Å². The Morgan fingerprint density at radius 3 is 2.04 bits per heavy atom. The lowest BCUT2D eigenvalue weighted by Gasteiger charge is -2.18. The molecule has 2 aromatic rings. The summed E-state index contributed by atoms with van der Waals surface area (Å²) in [6, 6.07) is 12.8. The first kappa shape index (κ1) is 19.2. The highest BCUT2D eigenvalue weighted by molar-refractivity contribution is 5.91. The molecule has 0 radical (unpaired) electrons. The molecule has 26 heavy (non-hydrogen) atoms. The predicted molar refractivity (Wildman–Crippen MR) is 98.7 cm³/mol. The van der Waals surface area contributed by atoms with Gasteiger partial charge in [-0.15, -0.1) is 0 Å². The van der Waals surface area contributed by atoms with Crippen molar-refractivity contribution in [1.29, 1.82) is 0 Å². The Morgan fingerprint density at radius 2 is 1.50 bits per heavy atom. The maximum atomic E-state index is 12.4. The van der Waals surface area contributed by atoms with Crippen LogP contribution in [0.1, 0.15) is 25.0 Å². The molecule has 0 aliphatic rings. The lowest BCUT2D eigenvalue weighted by Crippen LogP contribution is -2.32. The van der Waals surface area contributed by atoms with Crippen LogP contribution < -0.4 is 0 Å². The number of carbonyl (C=O) groups excluding carboxylic acids is 2. The Bertz CT molecular complexity index is 773. The number of phenols is 2. The van der Waals surface area contributed by atoms with Gasteiger partial charge in [-0.1, -0.05) is 38.1 Å². The van der Waals surface area contributed by atoms with E-state index in [1.807, 2.05) is 0 Å². The van der Waals surface area contributed by atoms with Crippen LogP contribution in [0.4, 0.5) is 0 Å². The second kappa shape index (κ2) is 8.85. The fourth-order valence-electron chi connectivity index (χ4n) is 2.35. The van der Waals surface area contributed by atoms with Crippen molar-refractivity contribution in [3.05, 3.63) is 65.7 Å². The first-order valence-corrected chi connectivity index (χ1v) is 8.34. The highest BCUT2D eigenvalue weighted by atomic mass is 16.5. The normalized spacial score (nSPS) is 12.3. The van der Waals surface area contributed by atoms with E-state index in [1.54, 1.807) is 44.2 Å². The van der Waals surface area contributed by atoms with Gasteiger partial charge < -0.3 is 14.9 Å². The summed E-state index contributed by atoms with van der Waals surface area (Å²) < 4.78 is 5.37. The quantitative estimate of drug-likeness (QED) is 0.587. The van der Waals surface area contributed by atoms with Gasteiger partial charge in [0.1, 0.15) is 11.5 Å². The molecule has 0 aliphatic heterocycles. The van der Waals surface area contributed by atoms with Gasteiger partial charge in [-0.3, -0.25) is 4.79 Å². The van der Waals surface area contributed by atoms with Crippen LogP contribution >= 0.6 is 0 Å². The van der Waals surface area contributed by atoms with E-state index >= 15 is 0 Å². The molecule has 2 rings (SSSR count).